The molecule has 5 nitrogen and oxygen atoms in total. The van der Waals surface area contributed by atoms with Gasteiger partial charge < -0.3 is 0 Å². The molecular formula is C81H84N5+5. The standard InChI is InChI=1S/2C21H22N.C20H20N.C19H20N2/c2*1-15-10-11-19(16(2)12-15)21-13-20(17(3)14-22(21)4)18-8-6-5-7-9-18;1-15-9-7-8-12-18(15)20-13-19(16(2)14-21(20)3)17-10-5-4-6-11-17;1-15-9-11-19(20(2)13-15)17-10-12-18(21(3)14-17)16-7-5-4-6-8-16/h2*5-14H,1-4H3;2*4-14H,1-3H3/q3*+1;+2/i1D3,3D3;;;1D3. The maximum absolute atomic E-state index is 7.93. The van der Waals surface area contributed by atoms with Crippen LogP contribution in [0.3, 0.4) is 0 Å². The molecule has 0 spiro atoms. The van der Waals surface area contributed by atoms with Crippen LogP contribution < -0.4 is 22.8 Å². The van der Waals surface area contributed by atoms with Gasteiger partial charge in [-0.3, -0.25) is 0 Å². The Morgan fingerprint density at radius 1 is 0.221 bits per heavy atom. The fourth-order valence-corrected chi connectivity index (χ4v) is 11.2. The minimum Gasteiger partial charge on any atom is -0.201 e. The van der Waals surface area contributed by atoms with Gasteiger partial charge in [-0.05, 0) is 155 Å². The fourth-order valence-electron chi connectivity index (χ4n) is 11.2. The number of aromatic nitrogens is 5. The summed E-state index contributed by atoms with van der Waals surface area (Å²) in [6.45, 7) is 6.21. The van der Waals surface area contributed by atoms with Crippen molar-refractivity contribution in [1.29, 1.82) is 0 Å². The lowest BCUT2D eigenvalue weighted by Crippen LogP contribution is -2.34. The first-order valence-electron chi connectivity index (χ1n) is 33.6. The second-order valence-corrected chi connectivity index (χ2v) is 22.3. The van der Waals surface area contributed by atoms with Crippen LogP contribution in [0, 0.1) is 62.1 Å². The van der Waals surface area contributed by atoms with E-state index in [1.54, 1.807) is 48.3 Å². The van der Waals surface area contributed by atoms with Crippen molar-refractivity contribution in [2.75, 3.05) is 0 Å². The third-order valence-electron chi connectivity index (χ3n) is 15.7. The Morgan fingerprint density at radius 3 is 1.02 bits per heavy atom. The van der Waals surface area contributed by atoms with Crippen LogP contribution in [0.1, 0.15) is 62.4 Å². The molecule has 0 aliphatic carbocycles. The predicted octanol–water partition coefficient (Wildman–Crippen LogP) is 17.0. The molecule has 0 amide bonds. The van der Waals surface area contributed by atoms with Gasteiger partial charge in [0, 0.05) is 87.2 Å². The van der Waals surface area contributed by atoms with Gasteiger partial charge in [0.1, 0.15) is 40.8 Å². The minimum absolute atomic E-state index is 0.279. The number of rotatable bonds is 8. The van der Waals surface area contributed by atoms with E-state index in [1.165, 1.54) is 72.6 Å². The lowest BCUT2D eigenvalue weighted by Gasteiger charge is -2.10. The zero-order valence-corrected chi connectivity index (χ0v) is 51.5. The van der Waals surface area contributed by atoms with E-state index in [-0.39, 0.29) is 5.56 Å². The largest absolute Gasteiger partial charge is 0.218 e. The Labute approximate surface area is 525 Å². The highest BCUT2D eigenvalue weighted by Crippen LogP contribution is 2.32. The SMILES string of the molecule is Cc1c[n+](C)c(-c2ccccc2C)cc1-c1ccccc1.Cc1ccc(-c2cc(-c3ccccc3)c(C)c[n+]2C)c(C)c1.[2H]C([2H])([2H])c1ccc(-c2cc(-c3ccccc3)c(C([2H])([2H])[2H])c[n+]2C)c(C)c1.[2H]C([2H])([2H])c1ccc(-c2ccc(-c3ccccc3)[n+](C)c2)[n+](C)c1. The molecule has 0 aliphatic heterocycles. The van der Waals surface area contributed by atoms with E-state index in [9.17, 15) is 0 Å². The van der Waals surface area contributed by atoms with Gasteiger partial charge in [0.05, 0.1) is 0 Å². The summed E-state index contributed by atoms with van der Waals surface area (Å²) < 4.78 is 79.3. The highest BCUT2D eigenvalue weighted by Gasteiger charge is 2.21. The number of hydrogen-bond donors (Lipinski definition) is 0. The van der Waals surface area contributed by atoms with Gasteiger partial charge in [0.2, 0.25) is 28.5 Å². The molecule has 0 saturated carbocycles. The van der Waals surface area contributed by atoms with Gasteiger partial charge >= 0.3 is 0 Å². The Kier molecular flexibility index (Phi) is 16.1. The average molecular weight is 1140 g/mol. The van der Waals surface area contributed by atoms with Crippen molar-refractivity contribution in [1.82, 2.24) is 0 Å². The average Bonchev–Trinajstić information content (AvgIpc) is 0.785. The predicted molar refractivity (Wildman–Crippen MR) is 358 cm³/mol. The monoisotopic (exact) mass is 1140 g/mol. The fraction of sp³-hybridized carbons (Fsp3) is 0.173. The molecule has 0 radical (unpaired) electrons. The minimum atomic E-state index is -2.25. The molecule has 0 bridgehead atoms. The van der Waals surface area contributed by atoms with Crippen LogP contribution in [0.25, 0.3) is 89.7 Å². The zero-order valence-electron chi connectivity index (χ0n) is 60.5. The molecule has 7 aromatic carbocycles. The third kappa shape index (κ3) is 14.6. The van der Waals surface area contributed by atoms with Gasteiger partial charge in [-0.15, -0.1) is 0 Å². The highest BCUT2D eigenvalue weighted by molar-refractivity contribution is 5.75. The molecule has 0 aliphatic rings. The maximum atomic E-state index is 7.93. The second kappa shape index (κ2) is 27.8. The molecule has 12 aromatic rings. The summed E-state index contributed by atoms with van der Waals surface area (Å²) in [5, 5.41) is 0. The van der Waals surface area contributed by atoms with Crippen LogP contribution in [-0.2, 0) is 35.2 Å². The van der Waals surface area contributed by atoms with E-state index < -0.39 is 20.6 Å². The van der Waals surface area contributed by atoms with E-state index in [4.69, 9.17) is 12.3 Å². The molecule has 5 aromatic heterocycles. The molecule has 0 atom stereocenters. The van der Waals surface area contributed by atoms with Crippen molar-refractivity contribution in [2.24, 2.45) is 35.2 Å². The van der Waals surface area contributed by atoms with Crippen LogP contribution >= 0.6 is 0 Å². The van der Waals surface area contributed by atoms with Crippen LogP contribution in [0.2, 0.25) is 0 Å². The maximum Gasteiger partial charge on any atom is 0.218 e. The van der Waals surface area contributed by atoms with Crippen LogP contribution in [-0.4, -0.2) is 0 Å². The van der Waals surface area contributed by atoms with Crippen LogP contribution in [0.4, 0.5) is 0 Å². The van der Waals surface area contributed by atoms with Crippen molar-refractivity contribution in [2.45, 2.75) is 62.1 Å². The Morgan fingerprint density at radius 2 is 0.581 bits per heavy atom. The molecule has 0 N–H and O–H groups in total. The lowest BCUT2D eigenvalue weighted by molar-refractivity contribution is -0.666. The first-order chi connectivity index (χ1) is 45.1. The summed E-state index contributed by atoms with van der Waals surface area (Å²) in [7, 11) is 9.93. The highest BCUT2D eigenvalue weighted by atomic mass is 15.0. The first kappa shape index (κ1) is 49.7. The quantitative estimate of drug-likeness (QED) is 0.135. The summed E-state index contributed by atoms with van der Waals surface area (Å²) in [6.07, 6.45) is 9.81. The van der Waals surface area contributed by atoms with Gasteiger partial charge in [-0.25, -0.2) is 22.8 Å². The molecule has 0 fully saturated rings. The summed E-state index contributed by atoms with van der Waals surface area (Å²) in [5.74, 6) is 0. The molecule has 12 rings (SSSR count). The Balaban J connectivity index is 0.000000150. The number of pyridine rings is 5. The van der Waals surface area contributed by atoms with E-state index in [2.05, 4.69) is 221 Å². The van der Waals surface area contributed by atoms with Crippen molar-refractivity contribution in [3.63, 3.8) is 0 Å². The Hall–Kier alpha value is -9.71. The number of benzene rings is 7. The second-order valence-electron chi connectivity index (χ2n) is 22.3. The molecule has 86 heavy (non-hydrogen) atoms. The molecular weight excluding hydrogens is 1040 g/mol. The normalized spacial score (nSPS) is 12.7. The Bertz CT molecular complexity index is 4660. The van der Waals surface area contributed by atoms with Crippen LogP contribution in [0.15, 0.2) is 255 Å². The molecule has 0 unspecified atom stereocenters. The summed E-state index contributed by atoms with van der Waals surface area (Å²) in [6, 6.07) is 75.3. The van der Waals surface area contributed by atoms with Crippen molar-refractivity contribution in [3.8, 4) is 89.7 Å². The number of nitrogens with zero attached hydrogens (tertiary/aromatic N) is 5. The lowest BCUT2D eigenvalue weighted by atomic mass is 9.97. The zero-order chi connectivity index (χ0) is 68.5. The molecule has 0 saturated heterocycles. The smallest absolute Gasteiger partial charge is 0.201 e. The number of aryl methyl sites for hydroxylation is 14. The van der Waals surface area contributed by atoms with E-state index in [0.29, 0.717) is 16.7 Å². The molecule has 5 heteroatoms. The van der Waals surface area contributed by atoms with E-state index in [1.807, 2.05) is 86.2 Å². The third-order valence-corrected chi connectivity index (χ3v) is 15.7. The van der Waals surface area contributed by atoms with Gasteiger partial charge in [0.25, 0.3) is 0 Å². The van der Waals surface area contributed by atoms with Crippen molar-refractivity contribution in [3.05, 3.63) is 306 Å². The van der Waals surface area contributed by atoms with Crippen LogP contribution in [0.5, 0.6) is 0 Å². The summed E-state index contributed by atoms with van der Waals surface area (Å²) >= 11 is 0. The molecule has 5 heterocycles. The van der Waals surface area contributed by atoms with E-state index in [0.717, 1.165) is 44.9 Å². The summed E-state index contributed by atoms with van der Waals surface area (Å²) in [4.78, 5) is 0. The number of hydrogen-bond acceptors (Lipinski definition) is 0. The molecule has 428 valence electrons. The van der Waals surface area contributed by atoms with Gasteiger partial charge in [0.15, 0.2) is 31.0 Å². The van der Waals surface area contributed by atoms with Crippen molar-refractivity contribution < 1.29 is 35.2 Å². The van der Waals surface area contributed by atoms with E-state index >= 15 is 0 Å². The van der Waals surface area contributed by atoms with Gasteiger partial charge in [-0.2, -0.15) is 0 Å². The summed E-state index contributed by atoms with van der Waals surface area (Å²) in [5.41, 5.74) is 25.9. The topological polar surface area (TPSA) is 19.4 Å². The van der Waals surface area contributed by atoms with Gasteiger partial charge in [-0.1, -0.05) is 163 Å². The first-order valence-corrected chi connectivity index (χ1v) is 29.1. The van der Waals surface area contributed by atoms with Crippen molar-refractivity contribution >= 4 is 0 Å².